The highest BCUT2D eigenvalue weighted by molar-refractivity contribution is 5.22. The summed E-state index contributed by atoms with van der Waals surface area (Å²) < 4.78 is 0. The van der Waals surface area contributed by atoms with Crippen LogP contribution < -0.4 is 0 Å². The Morgan fingerprint density at radius 3 is 2.53 bits per heavy atom. The summed E-state index contributed by atoms with van der Waals surface area (Å²) in [6.45, 7) is 15.8. The molecule has 98 valence electrons. The molecule has 1 aliphatic carbocycles. The molecule has 1 aliphatic rings. The van der Waals surface area contributed by atoms with Gasteiger partial charge in [-0.25, -0.2) is 0 Å². The van der Waals surface area contributed by atoms with E-state index in [4.69, 9.17) is 0 Å². The van der Waals surface area contributed by atoms with Gasteiger partial charge in [0.2, 0.25) is 0 Å². The molecule has 0 heteroatoms. The highest BCUT2D eigenvalue weighted by atomic mass is 14.3. The molecule has 0 spiro atoms. The Kier molecular flexibility index (Phi) is 4.63. The van der Waals surface area contributed by atoms with Gasteiger partial charge < -0.3 is 0 Å². The lowest BCUT2D eigenvalue weighted by atomic mass is 9.69. The summed E-state index contributed by atoms with van der Waals surface area (Å²) in [6, 6.07) is 0. The van der Waals surface area contributed by atoms with Gasteiger partial charge in [-0.1, -0.05) is 44.9 Å². The van der Waals surface area contributed by atoms with Gasteiger partial charge in [-0.2, -0.15) is 0 Å². The molecule has 0 saturated heterocycles. The molecule has 0 saturated carbocycles. The molecule has 1 rings (SSSR count). The van der Waals surface area contributed by atoms with Crippen LogP contribution in [0, 0.1) is 10.8 Å². The fourth-order valence-corrected chi connectivity index (χ4v) is 3.18. The van der Waals surface area contributed by atoms with Gasteiger partial charge in [-0.15, -0.1) is 6.58 Å². The molecule has 0 radical (unpaired) electrons. The van der Waals surface area contributed by atoms with Crippen LogP contribution in [0.15, 0.2) is 23.8 Å². The van der Waals surface area contributed by atoms with E-state index >= 15 is 0 Å². The van der Waals surface area contributed by atoms with Gasteiger partial charge in [0, 0.05) is 0 Å². The van der Waals surface area contributed by atoms with Crippen LogP contribution in [0.5, 0.6) is 0 Å². The molecule has 0 nitrogen and oxygen atoms in total. The topological polar surface area (TPSA) is 0 Å². The van der Waals surface area contributed by atoms with Crippen LogP contribution in [0.25, 0.3) is 0 Å². The van der Waals surface area contributed by atoms with Gasteiger partial charge in [0.05, 0.1) is 0 Å². The molecule has 0 bridgehead atoms. The van der Waals surface area contributed by atoms with Crippen molar-refractivity contribution in [2.24, 2.45) is 10.8 Å². The van der Waals surface area contributed by atoms with Crippen molar-refractivity contribution in [3.05, 3.63) is 23.8 Å². The fourth-order valence-electron chi connectivity index (χ4n) is 3.18. The first kappa shape index (κ1) is 14.5. The molecule has 0 fully saturated rings. The third kappa shape index (κ3) is 4.01. The van der Waals surface area contributed by atoms with Gasteiger partial charge in [0.25, 0.3) is 0 Å². The molecule has 0 unspecified atom stereocenters. The van der Waals surface area contributed by atoms with Crippen LogP contribution in [0.2, 0.25) is 0 Å². The second-order valence-electron chi connectivity index (χ2n) is 7.15. The first-order valence-corrected chi connectivity index (χ1v) is 7.08. The maximum atomic E-state index is 3.87. The number of hydrogen-bond acceptors (Lipinski definition) is 0. The lowest BCUT2D eigenvalue weighted by molar-refractivity contribution is 0.302. The number of rotatable bonds is 5. The number of allylic oxidation sites excluding steroid dienone is 3. The first-order valence-electron chi connectivity index (χ1n) is 7.08. The van der Waals surface area contributed by atoms with Gasteiger partial charge in [0.1, 0.15) is 0 Å². The van der Waals surface area contributed by atoms with E-state index in [1.165, 1.54) is 32.1 Å². The third-order valence-corrected chi connectivity index (χ3v) is 4.43. The Labute approximate surface area is 108 Å². The second-order valence-corrected chi connectivity index (χ2v) is 7.15. The largest absolute Gasteiger partial charge is 0.103 e. The lowest BCUT2D eigenvalue weighted by Gasteiger charge is -2.36. The van der Waals surface area contributed by atoms with Crippen molar-refractivity contribution in [3.63, 3.8) is 0 Å². The molecule has 0 N–H and O–H groups in total. The molecule has 0 aliphatic heterocycles. The first-order chi connectivity index (χ1) is 7.78. The molecule has 0 aromatic carbocycles. The molecule has 17 heavy (non-hydrogen) atoms. The summed E-state index contributed by atoms with van der Waals surface area (Å²) in [5.74, 6) is 0. The van der Waals surface area contributed by atoms with Gasteiger partial charge >= 0.3 is 0 Å². The van der Waals surface area contributed by atoms with Crippen LogP contribution in [0.1, 0.15) is 73.1 Å². The minimum atomic E-state index is 0.405. The van der Waals surface area contributed by atoms with Crippen LogP contribution in [-0.4, -0.2) is 0 Å². The molecule has 0 amide bonds. The van der Waals surface area contributed by atoms with E-state index in [2.05, 4.69) is 47.3 Å². The van der Waals surface area contributed by atoms with Crippen molar-refractivity contribution < 1.29 is 0 Å². The molecule has 0 heterocycles. The Morgan fingerprint density at radius 2 is 2.00 bits per heavy atom. The summed E-state index contributed by atoms with van der Waals surface area (Å²) in [6.07, 6.45) is 9.81. The van der Waals surface area contributed by atoms with Gasteiger partial charge in [-0.3, -0.25) is 0 Å². The van der Waals surface area contributed by atoms with E-state index in [1.54, 1.807) is 11.1 Å². The molecular formula is C17H30. The Hall–Kier alpha value is -0.520. The van der Waals surface area contributed by atoms with Crippen molar-refractivity contribution in [1.29, 1.82) is 0 Å². The minimum Gasteiger partial charge on any atom is -0.103 e. The molecule has 0 atom stereocenters. The quantitative estimate of drug-likeness (QED) is 0.520. The SMILES string of the molecule is C=CCC(C)(C)CCC1=C(C)CCCC1(C)C. The van der Waals surface area contributed by atoms with Crippen molar-refractivity contribution in [1.82, 2.24) is 0 Å². The van der Waals surface area contributed by atoms with E-state index in [0.29, 0.717) is 10.8 Å². The monoisotopic (exact) mass is 234 g/mol. The molecule has 0 aromatic heterocycles. The van der Waals surface area contributed by atoms with Crippen molar-refractivity contribution >= 4 is 0 Å². The average molecular weight is 234 g/mol. The maximum Gasteiger partial charge on any atom is -0.0142 e. The zero-order chi connectivity index (χ0) is 13.1. The predicted octanol–water partition coefficient (Wildman–Crippen LogP) is 5.90. The van der Waals surface area contributed by atoms with Gasteiger partial charge in [0.15, 0.2) is 0 Å². The van der Waals surface area contributed by atoms with E-state index in [-0.39, 0.29) is 0 Å². The highest BCUT2D eigenvalue weighted by Gasteiger charge is 2.29. The third-order valence-electron chi connectivity index (χ3n) is 4.43. The van der Waals surface area contributed by atoms with Crippen LogP contribution in [0.4, 0.5) is 0 Å². The minimum absolute atomic E-state index is 0.405. The molecular weight excluding hydrogens is 204 g/mol. The van der Waals surface area contributed by atoms with Crippen molar-refractivity contribution in [3.8, 4) is 0 Å². The zero-order valence-corrected chi connectivity index (χ0v) is 12.5. The van der Waals surface area contributed by atoms with Crippen LogP contribution >= 0.6 is 0 Å². The van der Waals surface area contributed by atoms with E-state index in [1.807, 2.05) is 0 Å². The summed E-state index contributed by atoms with van der Waals surface area (Å²) in [5, 5.41) is 0. The van der Waals surface area contributed by atoms with Crippen molar-refractivity contribution in [2.75, 3.05) is 0 Å². The fraction of sp³-hybridized carbons (Fsp3) is 0.765. The predicted molar refractivity (Wildman–Crippen MR) is 78.2 cm³/mol. The standard InChI is InChI=1S/C17H30/c1-7-11-16(3,4)13-10-15-14(2)9-8-12-17(15,5)6/h7H,1,8-13H2,2-6H3. The Morgan fingerprint density at radius 1 is 1.35 bits per heavy atom. The molecule has 0 aromatic rings. The van der Waals surface area contributed by atoms with Crippen LogP contribution in [0.3, 0.4) is 0 Å². The Bertz CT molecular complexity index is 302. The zero-order valence-electron chi connectivity index (χ0n) is 12.5. The van der Waals surface area contributed by atoms with Crippen molar-refractivity contribution in [2.45, 2.75) is 73.1 Å². The lowest BCUT2D eigenvalue weighted by Crippen LogP contribution is -2.22. The smallest absolute Gasteiger partial charge is 0.0142 e. The van der Waals surface area contributed by atoms with E-state index in [0.717, 1.165) is 6.42 Å². The summed E-state index contributed by atoms with van der Waals surface area (Å²) >= 11 is 0. The highest BCUT2D eigenvalue weighted by Crippen LogP contribution is 2.44. The summed E-state index contributed by atoms with van der Waals surface area (Å²) in [7, 11) is 0. The maximum absolute atomic E-state index is 3.87. The van der Waals surface area contributed by atoms with E-state index < -0.39 is 0 Å². The summed E-state index contributed by atoms with van der Waals surface area (Å²) in [5.41, 5.74) is 4.24. The van der Waals surface area contributed by atoms with Crippen LogP contribution in [-0.2, 0) is 0 Å². The normalized spacial score (nSPS) is 20.5. The van der Waals surface area contributed by atoms with E-state index in [9.17, 15) is 0 Å². The second kappa shape index (κ2) is 5.42. The van der Waals surface area contributed by atoms with Gasteiger partial charge in [-0.05, 0) is 56.3 Å². The summed E-state index contributed by atoms with van der Waals surface area (Å²) in [4.78, 5) is 0. The average Bonchev–Trinajstić information content (AvgIpc) is 2.15. The Balaban J connectivity index is 2.70. The number of hydrogen-bond donors (Lipinski definition) is 0.